The number of rotatable bonds is 7. The molecule has 71 valence electrons. The van der Waals surface area contributed by atoms with E-state index in [9.17, 15) is 0 Å². The highest BCUT2D eigenvalue weighted by Gasteiger charge is 2.10. The number of hydrogen-bond acceptors (Lipinski definition) is 1. The first-order chi connectivity index (χ1) is 5.72. The van der Waals surface area contributed by atoms with Crippen LogP contribution in [0.2, 0.25) is 13.1 Å². The summed E-state index contributed by atoms with van der Waals surface area (Å²) < 4.78 is 0. The summed E-state index contributed by atoms with van der Waals surface area (Å²) in [6.45, 7) is 7.06. The third-order valence-electron chi connectivity index (χ3n) is 2.70. The van der Waals surface area contributed by atoms with Gasteiger partial charge in [-0.3, -0.25) is 0 Å². The maximum Gasteiger partial charge on any atom is 0.105 e. The normalized spacial score (nSPS) is 15.7. The molecule has 0 aromatic heterocycles. The van der Waals surface area contributed by atoms with Gasteiger partial charge in [0.05, 0.1) is 0 Å². The predicted octanol–water partition coefficient (Wildman–Crippen LogP) is 2.59. The molecule has 12 heavy (non-hydrogen) atoms. The van der Waals surface area contributed by atoms with Crippen molar-refractivity contribution in [1.29, 1.82) is 0 Å². The van der Waals surface area contributed by atoms with E-state index < -0.39 is 0 Å². The molecule has 2 heteroatoms. The van der Waals surface area contributed by atoms with E-state index >= 15 is 0 Å². The molecular weight excluding hydrogens is 147 g/mol. The minimum Gasteiger partial charge on any atom is -0.396 e. The fraction of sp³-hybridized carbons (Fsp3) is 1.00. The van der Waals surface area contributed by atoms with Gasteiger partial charge in [0.1, 0.15) is 7.28 Å². The van der Waals surface area contributed by atoms with Crippen LogP contribution in [0.4, 0.5) is 0 Å². The zero-order valence-electron chi connectivity index (χ0n) is 8.71. The first-order valence-corrected chi connectivity index (χ1v) is 5.11. The average molecular weight is 169 g/mol. The number of aliphatic hydroxyl groups excluding tert-OH is 1. The van der Waals surface area contributed by atoms with E-state index in [0.717, 1.165) is 18.3 Å². The first-order valence-electron chi connectivity index (χ1n) is 5.11. The minimum absolute atomic E-state index is 0.344. The van der Waals surface area contributed by atoms with Gasteiger partial charge in [-0.2, -0.15) is 0 Å². The molecule has 0 amide bonds. The molecule has 0 aliphatic heterocycles. The van der Waals surface area contributed by atoms with Gasteiger partial charge >= 0.3 is 0 Å². The topological polar surface area (TPSA) is 20.2 Å². The summed E-state index contributed by atoms with van der Waals surface area (Å²) in [5.74, 6) is 1.56. The molecule has 1 radical (unpaired) electrons. The molecular formula is C10H22BO. The van der Waals surface area contributed by atoms with Crippen LogP contribution in [-0.4, -0.2) is 19.0 Å². The van der Waals surface area contributed by atoms with Crippen molar-refractivity contribution in [2.75, 3.05) is 6.61 Å². The average Bonchev–Trinajstić information content (AvgIpc) is 2.10. The van der Waals surface area contributed by atoms with Gasteiger partial charge in [0.25, 0.3) is 0 Å². The molecule has 0 rings (SSSR count). The van der Waals surface area contributed by atoms with Crippen LogP contribution in [0, 0.1) is 11.8 Å². The zero-order chi connectivity index (χ0) is 9.40. The Kier molecular flexibility index (Phi) is 7.68. The van der Waals surface area contributed by atoms with Crippen molar-refractivity contribution in [2.24, 2.45) is 11.8 Å². The molecule has 2 unspecified atom stereocenters. The SMILES string of the molecule is C[B]CCC(C)C(C)CCCO. The van der Waals surface area contributed by atoms with E-state index in [1.54, 1.807) is 0 Å². The van der Waals surface area contributed by atoms with Crippen molar-refractivity contribution in [1.82, 2.24) is 0 Å². The maximum atomic E-state index is 8.67. The van der Waals surface area contributed by atoms with Crippen molar-refractivity contribution < 1.29 is 5.11 Å². The molecule has 0 saturated heterocycles. The van der Waals surface area contributed by atoms with Gasteiger partial charge in [0.2, 0.25) is 0 Å². The molecule has 0 bridgehead atoms. The Bertz CT molecular complexity index is 83.8. The second kappa shape index (κ2) is 7.66. The fourth-order valence-corrected chi connectivity index (χ4v) is 1.41. The first kappa shape index (κ1) is 12.0. The molecule has 0 spiro atoms. The highest BCUT2D eigenvalue weighted by atomic mass is 16.2. The van der Waals surface area contributed by atoms with Crippen LogP contribution in [0.5, 0.6) is 0 Å². The van der Waals surface area contributed by atoms with Crippen molar-refractivity contribution in [3.63, 3.8) is 0 Å². The van der Waals surface area contributed by atoms with Gasteiger partial charge in [-0.1, -0.05) is 33.4 Å². The van der Waals surface area contributed by atoms with E-state index in [-0.39, 0.29) is 0 Å². The van der Waals surface area contributed by atoms with Crippen LogP contribution in [0.1, 0.15) is 33.1 Å². The second-order valence-corrected chi connectivity index (χ2v) is 3.81. The van der Waals surface area contributed by atoms with E-state index in [1.165, 1.54) is 19.2 Å². The van der Waals surface area contributed by atoms with Crippen LogP contribution < -0.4 is 0 Å². The molecule has 0 heterocycles. The largest absolute Gasteiger partial charge is 0.396 e. The molecule has 0 fully saturated rings. The van der Waals surface area contributed by atoms with Crippen LogP contribution in [0.25, 0.3) is 0 Å². The fourth-order valence-electron chi connectivity index (χ4n) is 1.41. The van der Waals surface area contributed by atoms with Crippen molar-refractivity contribution in [2.45, 2.75) is 46.3 Å². The third kappa shape index (κ3) is 5.65. The molecule has 0 aliphatic carbocycles. The summed E-state index contributed by atoms with van der Waals surface area (Å²) in [6.07, 6.45) is 4.65. The summed E-state index contributed by atoms with van der Waals surface area (Å²) >= 11 is 0. The Morgan fingerprint density at radius 2 is 1.75 bits per heavy atom. The Labute approximate surface area is 77.8 Å². The van der Waals surface area contributed by atoms with Gasteiger partial charge in [-0.25, -0.2) is 0 Å². The van der Waals surface area contributed by atoms with Gasteiger partial charge < -0.3 is 5.11 Å². The molecule has 2 atom stereocenters. The van der Waals surface area contributed by atoms with E-state index in [0.29, 0.717) is 6.61 Å². The number of aliphatic hydroxyl groups is 1. The second-order valence-electron chi connectivity index (χ2n) is 3.81. The molecule has 1 nitrogen and oxygen atoms in total. The highest BCUT2D eigenvalue weighted by Crippen LogP contribution is 2.21. The van der Waals surface area contributed by atoms with Crippen molar-refractivity contribution in [3.05, 3.63) is 0 Å². The molecule has 0 aliphatic rings. The van der Waals surface area contributed by atoms with Crippen LogP contribution in [-0.2, 0) is 0 Å². The third-order valence-corrected chi connectivity index (χ3v) is 2.70. The smallest absolute Gasteiger partial charge is 0.105 e. The lowest BCUT2D eigenvalue weighted by atomic mass is 9.73. The molecule has 0 saturated carbocycles. The van der Waals surface area contributed by atoms with Crippen LogP contribution in [0.15, 0.2) is 0 Å². The quantitative estimate of drug-likeness (QED) is 0.580. The number of hydrogen-bond donors (Lipinski definition) is 1. The molecule has 0 aromatic carbocycles. The van der Waals surface area contributed by atoms with Crippen molar-refractivity contribution in [3.8, 4) is 0 Å². The van der Waals surface area contributed by atoms with Crippen LogP contribution >= 0.6 is 0 Å². The Balaban J connectivity index is 3.39. The monoisotopic (exact) mass is 169 g/mol. The Morgan fingerprint density at radius 3 is 2.25 bits per heavy atom. The lowest BCUT2D eigenvalue weighted by Crippen LogP contribution is -2.09. The van der Waals surface area contributed by atoms with E-state index in [2.05, 4.69) is 28.0 Å². The lowest BCUT2D eigenvalue weighted by Gasteiger charge is -2.18. The molecule has 0 aromatic rings. The van der Waals surface area contributed by atoms with Gasteiger partial charge in [-0.05, 0) is 24.7 Å². The van der Waals surface area contributed by atoms with Crippen molar-refractivity contribution >= 4 is 7.28 Å². The standard InChI is InChI=1S/C10H22BO/c1-9(5-4-8-12)10(2)6-7-11-3/h9-10,12H,4-8H2,1-3H3. The van der Waals surface area contributed by atoms with Crippen LogP contribution in [0.3, 0.4) is 0 Å². The summed E-state index contributed by atoms with van der Waals surface area (Å²) in [7, 11) is 2.23. The summed E-state index contributed by atoms with van der Waals surface area (Å²) in [5.41, 5.74) is 0. The van der Waals surface area contributed by atoms with Gasteiger partial charge in [0.15, 0.2) is 0 Å². The van der Waals surface area contributed by atoms with Gasteiger partial charge in [-0.15, -0.1) is 0 Å². The molecule has 1 N–H and O–H groups in total. The highest BCUT2D eigenvalue weighted by molar-refractivity contribution is 6.33. The Morgan fingerprint density at radius 1 is 1.17 bits per heavy atom. The predicted molar refractivity (Wildman–Crippen MR) is 55.7 cm³/mol. The zero-order valence-corrected chi connectivity index (χ0v) is 8.71. The lowest BCUT2D eigenvalue weighted by molar-refractivity contribution is 0.256. The Hall–Kier alpha value is 0.0249. The minimum atomic E-state index is 0.344. The van der Waals surface area contributed by atoms with Gasteiger partial charge in [0, 0.05) is 6.61 Å². The summed E-state index contributed by atoms with van der Waals surface area (Å²) in [5, 5.41) is 8.67. The summed E-state index contributed by atoms with van der Waals surface area (Å²) in [4.78, 5) is 0. The maximum absolute atomic E-state index is 8.67. The van der Waals surface area contributed by atoms with E-state index in [1.807, 2.05) is 0 Å². The summed E-state index contributed by atoms with van der Waals surface area (Å²) in [6, 6.07) is 0. The van der Waals surface area contributed by atoms with E-state index in [4.69, 9.17) is 5.11 Å².